The number of rotatable bonds is 3. The van der Waals surface area contributed by atoms with E-state index >= 15 is 0 Å². The third kappa shape index (κ3) is 2.68. The van der Waals surface area contributed by atoms with Crippen LogP contribution in [-0.2, 0) is 0 Å². The van der Waals surface area contributed by atoms with Crippen LogP contribution in [0.25, 0.3) is 10.9 Å². The summed E-state index contributed by atoms with van der Waals surface area (Å²) < 4.78 is 5.47. The number of likely N-dealkylation sites (N-methyl/N-ethyl adjacent to an activating group) is 1. The van der Waals surface area contributed by atoms with Crippen molar-refractivity contribution in [1.29, 1.82) is 0 Å². The summed E-state index contributed by atoms with van der Waals surface area (Å²) in [6, 6.07) is 8.31. The van der Waals surface area contributed by atoms with Crippen molar-refractivity contribution in [2.45, 2.75) is 13.8 Å². The molecule has 112 valence electrons. The van der Waals surface area contributed by atoms with Crippen LogP contribution in [0.4, 0.5) is 5.82 Å². The fourth-order valence-corrected chi connectivity index (χ4v) is 2.99. The second kappa shape index (κ2) is 5.90. The summed E-state index contributed by atoms with van der Waals surface area (Å²) in [6.07, 6.45) is 0. The molecule has 0 amide bonds. The second-order valence-electron chi connectivity index (χ2n) is 5.58. The molecule has 0 bridgehead atoms. The van der Waals surface area contributed by atoms with E-state index in [9.17, 15) is 0 Å². The summed E-state index contributed by atoms with van der Waals surface area (Å²) in [5, 5.41) is 1.17. The molecule has 0 N–H and O–H groups in total. The fraction of sp³-hybridized carbons (Fsp3) is 0.471. The molecule has 0 saturated carbocycles. The Kier molecular flexibility index (Phi) is 3.97. The normalized spacial score (nSPS) is 16.4. The Balaban J connectivity index is 1.97. The number of benzene rings is 1. The fourth-order valence-electron chi connectivity index (χ4n) is 2.99. The molecule has 0 atom stereocenters. The summed E-state index contributed by atoms with van der Waals surface area (Å²) in [6.45, 7) is 9.81. The van der Waals surface area contributed by atoms with Gasteiger partial charge in [0, 0.05) is 31.6 Å². The van der Waals surface area contributed by atoms with E-state index in [-0.39, 0.29) is 0 Å². The van der Waals surface area contributed by atoms with Crippen LogP contribution in [0.3, 0.4) is 0 Å². The van der Waals surface area contributed by atoms with Crippen molar-refractivity contribution in [1.82, 2.24) is 9.88 Å². The topological polar surface area (TPSA) is 28.6 Å². The van der Waals surface area contributed by atoms with E-state index in [4.69, 9.17) is 9.72 Å². The molecule has 3 rings (SSSR count). The van der Waals surface area contributed by atoms with Gasteiger partial charge in [0.25, 0.3) is 0 Å². The molecule has 4 heteroatoms. The van der Waals surface area contributed by atoms with Crippen molar-refractivity contribution >= 4 is 16.7 Å². The maximum atomic E-state index is 5.47. The van der Waals surface area contributed by atoms with Crippen molar-refractivity contribution in [2.24, 2.45) is 0 Å². The van der Waals surface area contributed by atoms with Crippen LogP contribution >= 0.6 is 0 Å². The van der Waals surface area contributed by atoms with Gasteiger partial charge in [0.15, 0.2) is 0 Å². The highest BCUT2D eigenvalue weighted by atomic mass is 16.5. The molecule has 1 aliphatic heterocycles. The molecule has 2 heterocycles. The van der Waals surface area contributed by atoms with E-state index in [0.717, 1.165) is 49.8 Å². The molecule has 1 fully saturated rings. The quantitative estimate of drug-likeness (QED) is 0.867. The number of hydrogen-bond acceptors (Lipinski definition) is 4. The average molecular weight is 285 g/mol. The number of hydrogen-bond donors (Lipinski definition) is 0. The van der Waals surface area contributed by atoms with Crippen LogP contribution in [0.5, 0.6) is 5.75 Å². The predicted molar refractivity (Wildman–Crippen MR) is 87.4 cm³/mol. The Labute approximate surface area is 126 Å². The van der Waals surface area contributed by atoms with Gasteiger partial charge in [-0.2, -0.15) is 0 Å². The Morgan fingerprint density at radius 2 is 1.95 bits per heavy atom. The predicted octanol–water partition coefficient (Wildman–Crippen LogP) is 2.69. The smallest absolute Gasteiger partial charge is 0.145 e. The van der Waals surface area contributed by atoms with Crippen molar-refractivity contribution in [3.63, 3.8) is 0 Å². The number of methoxy groups -OCH3 is 1. The van der Waals surface area contributed by atoms with E-state index in [1.807, 2.05) is 12.1 Å². The summed E-state index contributed by atoms with van der Waals surface area (Å²) in [5.74, 6) is 1.92. The van der Waals surface area contributed by atoms with Crippen molar-refractivity contribution in [2.75, 3.05) is 44.7 Å². The largest absolute Gasteiger partial charge is 0.494 e. The molecule has 4 nitrogen and oxygen atoms in total. The molecule has 21 heavy (non-hydrogen) atoms. The van der Waals surface area contributed by atoms with Crippen molar-refractivity contribution < 1.29 is 4.74 Å². The second-order valence-corrected chi connectivity index (χ2v) is 5.58. The van der Waals surface area contributed by atoms with Gasteiger partial charge in [-0.3, -0.25) is 0 Å². The highest BCUT2D eigenvalue weighted by Gasteiger charge is 2.18. The minimum absolute atomic E-state index is 0.852. The summed E-state index contributed by atoms with van der Waals surface area (Å²) in [7, 11) is 1.71. The van der Waals surface area contributed by atoms with E-state index in [1.54, 1.807) is 7.11 Å². The Morgan fingerprint density at radius 3 is 2.62 bits per heavy atom. The molecule has 1 aromatic heterocycles. The lowest BCUT2D eigenvalue weighted by Crippen LogP contribution is -2.46. The molecule has 0 spiro atoms. The molecule has 1 aliphatic rings. The first-order valence-corrected chi connectivity index (χ1v) is 7.64. The lowest BCUT2D eigenvalue weighted by molar-refractivity contribution is 0.270. The van der Waals surface area contributed by atoms with Crippen LogP contribution < -0.4 is 9.64 Å². The zero-order chi connectivity index (χ0) is 14.8. The molecular formula is C17H23N3O. The summed E-state index contributed by atoms with van der Waals surface area (Å²) in [4.78, 5) is 9.72. The maximum absolute atomic E-state index is 5.47. The number of aryl methyl sites for hydroxylation is 1. The van der Waals surface area contributed by atoms with Gasteiger partial charge in [-0.15, -0.1) is 0 Å². The van der Waals surface area contributed by atoms with Gasteiger partial charge in [-0.1, -0.05) is 19.1 Å². The molecule has 1 saturated heterocycles. The third-order valence-electron chi connectivity index (χ3n) is 4.36. The summed E-state index contributed by atoms with van der Waals surface area (Å²) in [5.41, 5.74) is 2.22. The highest BCUT2D eigenvalue weighted by Crippen LogP contribution is 2.29. The van der Waals surface area contributed by atoms with E-state index in [0.29, 0.717) is 0 Å². The molecule has 0 radical (unpaired) electrons. The van der Waals surface area contributed by atoms with Crippen molar-refractivity contribution in [3.8, 4) is 5.75 Å². The summed E-state index contributed by atoms with van der Waals surface area (Å²) >= 11 is 0. The molecular weight excluding hydrogens is 262 g/mol. The number of anilines is 1. The van der Waals surface area contributed by atoms with Gasteiger partial charge in [-0.25, -0.2) is 4.98 Å². The first-order valence-electron chi connectivity index (χ1n) is 7.64. The number of nitrogens with zero attached hydrogens (tertiary/aromatic N) is 3. The van der Waals surface area contributed by atoms with Crippen LogP contribution in [0.1, 0.15) is 12.5 Å². The maximum Gasteiger partial charge on any atom is 0.145 e. The third-order valence-corrected chi connectivity index (χ3v) is 4.36. The van der Waals surface area contributed by atoms with E-state index in [1.165, 1.54) is 10.9 Å². The molecule has 1 aromatic carbocycles. The minimum atomic E-state index is 0.852. The van der Waals surface area contributed by atoms with E-state index in [2.05, 4.69) is 35.8 Å². The average Bonchev–Trinajstić information content (AvgIpc) is 2.54. The lowest BCUT2D eigenvalue weighted by Gasteiger charge is -2.35. The van der Waals surface area contributed by atoms with Gasteiger partial charge < -0.3 is 14.5 Å². The molecule has 2 aromatic rings. The van der Waals surface area contributed by atoms with Crippen LogP contribution in [-0.4, -0.2) is 49.7 Å². The van der Waals surface area contributed by atoms with Gasteiger partial charge in [0.05, 0.1) is 7.11 Å². The number of piperazine rings is 1. The van der Waals surface area contributed by atoms with Crippen LogP contribution in [0.15, 0.2) is 24.3 Å². The Bertz CT molecular complexity index is 633. The zero-order valence-electron chi connectivity index (χ0n) is 13.1. The van der Waals surface area contributed by atoms with Crippen molar-refractivity contribution in [3.05, 3.63) is 29.8 Å². The number of aromatic nitrogens is 1. The van der Waals surface area contributed by atoms with Gasteiger partial charge in [0.1, 0.15) is 17.1 Å². The Hall–Kier alpha value is -1.81. The standard InChI is InChI=1S/C17H23N3O/c1-4-19-8-10-20(11-9-19)16-12-13(2)14-6-5-7-15(21-3)17(14)18-16/h5-7,12H,4,8-11H2,1-3H3. The highest BCUT2D eigenvalue weighted by molar-refractivity contribution is 5.88. The molecule has 0 unspecified atom stereocenters. The lowest BCUT2D eigenvalue weighted by atomic mass is 10.1. The SMILES string of the molecule is CCN1CCN(c2cc(C)c3cccc(OC)c3n2)CC1. The van der Waals surface area contributed by atoms with Gasteiger partial charge in [-0.05, 0) is 31.2 Å². The number of fused-ring (bicyclic) bond motifs is 1. The first kappa shape index (κ1) is 14.1. The number of ether oxygens (including phenoxy) is 1. The number of pyridine rings is 1. The van der Waals surface area contributed by atoms with Crippen LogP contribution in [0, 0.1) is 6.92 Å². The monoisotopic (exact) mass is 285 g/mol. The minimum Gasteiger partial charge on any atom is -0.494 e. The molecule has 0 aliphatic carbocycles. The Morgan fingerprint density at radius 1 is 1.19 bits per heavy atom. The zero-order valence-corrected chi connectivity index (χ0v) is 13.1. The van der Waals surface area contributed by atoms with E-state index < -0.39 is 0 Å². The van der Waals surface area contributed by atoms with Gasteiger partial charge in [0.2, 0.25) is 0 Å². The van der Waals surface area contributed by atoms with Gasteiger partial charge >= 0.3 is 0 Å². The first-order chi connectivity index (χ1) is 10.2. The van der Waals surface area contributed by atoms with Crippen LogP contribution in [0.2, 0.25) is 0 Å². The number of para-hydroxylation sites is 1.